The van der Waals surface area contributed by atoms with Crippen molar-refractivity contribution in [2.45, 2.75) is 56.1 Å². The van der Waals surface area contributed by atoms with Crippen LogP contribution >= 0.6 is 0 Å². The molecule has 1 aliphatic rings. The van der Waals surface area contributed by atoms with Gasteiger partial charge in [0.1, 0.15) is 53.5 Å². The summed E-state index contributed by atoms with van der Waals surface area (Å²) in [7, 11) is 0. The second-order valence-corrected chi connectivity index (χ2v) is 10.2. The molecule has 1 fully saturated rings. The summed E-state index contributed by atoms with van der Waals surface area (Å²) in [6, 6.07) is 5.12. The maximum Gasteiger partial charge on any atom is 0.308 e. The Hall–Kier alpha value is -4.61. The molecule has 1 saturated heterocycles. The molecule has 0 spiro atoms. The number of rotatable bonds is 9. The molecule has 4 rings (SSSR count). The SMILES string of the molecule is C[C@](O)(CC(=O)O)CC(=O)OC[C@H]1O[C@@H](Oc2c(-c3ccc(O)c(O)c3)oc3cc(O)cc(O)c3c2=O)[C@H](O)[C@@H](O)[C@H]1O. The zero-order valence-electron chi connectivity index (χ0n) is 22.3. The van der Waals surface area contributed by atoms with E-state index >= 15 is 0 Å². The molecule has 0 bridgehead atoms. The van der Waals surface area contributed by atoms with Crippen molar-refractivity contribution >= 4 is 22.9 Å². The molecule has 232 valence electrons. The largest absolute Gasteiger partial charge is 0.508 e. The molecule has 0 aliphatic carbocycles. The summed E-state index contributed by atoms with van der Waals surface area (Å²) in [6.45, 7) is 0.329. The van der Waals surface area contributed by atoms with Crippen LogP contribution in [0.5, 0.6) is 28.7 Å². The predicted molar refractivity (Wildman–Crippen MR) is 140 cm³/mol. The Bertz CT molecular complexity index is 1590. The van der Waals surface area contributed by atoms with Gasteiger partial charge in [0, 0.05) is 17.7 Å². The molecule has 1 aliphatic heterocycles. The van der Waals surface area contributed by atoms with Crippen LogP contribution in [0.4, 0.5) is 0 Å². The van der Waals surface area contributed by atoms with E-state index in [2.05, 4.69) is 0 Å². The third-order valence-electron chi connectivity index (χ3n) is 6.52. The fourth-order valence-corrected chi connectivity index (χ4v) is 4.42. The van der Waals surface area contributed by atoms with Gasteiger partial charge in [-0.15, -0.1) is 0 Å². The first-order valence-corrected chi connectivity index (χ1v) is 12.6. The lowest BCUT2D eigenvalue weighted by molar-refractivity contribution is -0.278. The number of aliphatic hydroxyl groups excluding tert-OH is 3. The Morgan fingerprint density at radius 2 is 1.63 bits per heavy atom. The van der Waals surface area contributed by atoms with Gasteiger partial charge in [-0.3, -0.25) is 14.4 Å². The van der Waals surface area contributed by atoms with Gasteiger partial charge in [0.05, 0.1) is 18.4 Å². The van der Waals surface area contributed by atoms with Crippen LogP contribution < -0.4 is 10.2 Å². The number of carbonyl (C=O) groups is 2. The topological polar surface area (TPSA) is 274 Å². The highest BCUT2D eigenvalue weighted by Gasteiger charge is 2.46. The number of aromatic hydroxyl groups is 4. The van der Waals surface area contributed by atoms with E-state index < -0.39 is 113 Å². The number of hydrogen-bond donors (Lipinski definition) is 9. The first-order chi connectivity index (χ1) is 20.1. The van der Waals surface area contributed by atoms with E-state index in [9.17, 15) is 55.2 Å². The van der Waals surface area contributed by atoms with Crippen LogP contribution in [0.2, 0.25) is 0 Å². The number of fused-ring (bicyclic) bond motifs is 1. The van der Waals surface area contributed by atoms with Crippen LogP contribution in [0.25, 0.3) is 22.3 Å². The zero-order chi connectivity index (χ0) is 31.8. The number of aliphatic carboxylic acids is 1. The van der Waals surface area contributed by atoms with Gasteiger partial charge in [-0.05, 0) is 25.1 Å². The molecule has 0 saturated carbocycles. The number of hydrogen-bond acceptors (Lipinski definition) is 15. The summed E-state index contributed by atoms with van der Waals surface area (Å²) >= 11 is 0. The molecule has 3 aromatic rings. The summed E-state index contributed by atoms with van der Waals surface area (Å²) < 4.78 is 21.8. The lowest BCUT2D eigenvalue weighted by atomic mass is 9.98. The molecule has 2 aromatic carbocycles. The summed E-state index contributed by atoms with van der Waals surface area (Å²) in [5.74, 6) is -5.93. The van der Waals surface area contributed by atoms with Crippen molar-refractivity contribution in [2.24, 2.45) is 0 Å². The van der Waals surface area contributed by atoms with Crippen molar-refractivity contribution in [1.29, 1.82) is 0 Å². The quantitative estimate of drug-likeness (QED) is 0.111. The molecule has 16 nitrogen and oxygen atoms in total. The molecule has 6 atom stereocenters. The number of carbonyl (C=O) groups excluding carboxylic acids is 1. The van der Waals surface area contributed by atoms with E-state index in [1.54, 1.807) is 0 Å². The monoisotopic (exact) mass is 608 g/mol. The van der Waals surface area contributed by atoms with Crippen molar-refractivity contribution in [2.75, 3.05) is 6.61 Å². The normalized spacial score (nSPS) is 23.4. The van der Waals surface area contributed by atoms with Gasteiger partial charge in [0.2, 0.25) is 17.5 Å². The number of carboxylic acids is 1. The van der Waals surface area contributed by atoms with Crippen LogP contribution in [0.15, 0.2) is 39.5 Å². The lowest BCUT2D eigenvalue weighted by Gasteiger charge is -2.39. The molecule has 0 unspecified atom stereocenters. The van der Waals surface area contributed by atoms with Gasteiger partial charge >= 0.3 is 11.9 Å². The van der Waals surface area contributed by atoms with Crippen molar-refractivity contribution < 1.29 is 74.2 Å². The number of carboxylic acid groups (broad SMARTS) is 1. The average Bonchev–Trinajstić information content (AvgIpc) is 2.89. The standard InChI is InChI=1S/C27H28O16/c1-27(39,7-17(32)33)8-18(34)40-9-16-20(35)22(37)23(38)26(42-16)43-25-21(36)19-14(31)5-11(28)6-15(19)41-24(25)10-2-3-12(29)13(30)4-10/h2-6,16,20,22-23,26,28-31,35,37-39H,7-9H2,1H3,(H,32,33)/t16-,20+,22+,23-,26+,27+/m1/s1. The van der Waals surface area contributed by atoms with Crippen molar-refractivity contribution in [3.63, 3.8) is 0 Å². The van der Waals surface area contributed by atoms with Crippen molar-refractivity contribution in [3.8, 4) is 40.1 Å². The van der Waals surface area contributed by atoms with Gasteiger partial charge in [-0.2, -0.15) is 0 Å². The first-order valence-electron chi connectivity index (χ1n) is 12.6. The second-order valence-electron chi connectivity index (χ2n) is 10.2. The molecule has 0 amide bonds. The number of phenolic OH excluding ortho intramolecular Hbond substituents is 4. The number of esters is 1. The van der Waals surface area contributed by atoms with Gasteiger partial charge in [-0.1, -0.05) is 0 Å². The Morgan fingerprint density at radius 3 is 2.28 bits per heavy atom. The highest BCUT2D eigenvalue weighted by molar-refractivity contribution is 5.88. The van der Waals surface area contributed by atoms with Crippen LogP contribution in [-0.4, -0.2) is 101 Å². The van der Waals surface area contributed by atoms with Crippen LogP contribution in [0.1, 0.15) is 19.8 Å². The van der Waals surface area contributed by atoms with E-state index in [4.69, 9.17) is 23.7 Å². The molecular weight excluding hydrogens is 580 g/mol. The summed E-state index contributed by atoms with van der Waals surface area (Å²) in [5, 5.41) is 89.8. The highest BCUT2D eigenvalue weighted by atomic mass is 16.7. The highest BCUT2D eigenvalue weighted by Crippen LogP contribution is 2.39. The van der Waals surface area contributed by atoms with Crippen molar-refractivity contribution in [3.05, 3.63) is 40.6 Å². The number of ether oxygens (including phenoxy) is 3. The second kappa shape index (κ2) is 11.9. The maximum absolute atomic E-state index is 13.5. The minimum atomic E-state index is -2.01. The Balaban J connectivity index is 1.67. The Kier molecular flexibility index (Phi) is 8.70. The third kappa shape index (κ3) is 6.73. The minimum absolute atomic E-state index is 0.0584. The Morgan fingerprint density at radius 1 is 0.930 bits per heavy atom. The predicted octanol–water partition coefficient (Wildman–Crippen LogP) is -0.372. The molecule has 43 heavy (non-hydrogen) atoms. The summed E-state index contributed by atoms with van der Waals surface area (Å²) in [6.07, 6.45) is -10.9. The number of aliphatic hydroxyl groups is 4. The number of benzene rings is 2. The van der Waals surface area contributed by atoms with E-state index in [1.807, 2.05) is 0 Å². The molecular formula is C27H28O16. The summed E-state index contributed by atoms with van der Waals surface area (Å²) in [5.41, 5.74) is -3.39. The fourth-order valence-electron chi connectivity index (χ4n) is 4.42. The Labute approximate surface area is 240 Å². The van der Waals surface area contributed by atoms with Gasteiger partial charge in [0.25, 0.3) is 0 Å². The van der Waals surface area contributed by atoms with Gasteiger partial charge < -0.3 is 64.6 Å². The smallest absolute Gasteiger partial charge is 0.308 e. The maximum atomic E-state index is 13.5. The third-order valence-corrected chi connectivity index (χ3v) is 6.52. The average molecular weight is 609 g/mol. The molecule has 2 heterocycles. The molecule has 0 radical (unpaired) electrons. The minimum Gasteiger partial charge on any atom is -0.508 e. The van der Waals surface area contributed by atoms with E-state index in [1.165, 1.54) is 6.07 Å². The van der Waals surface area contributed by atoms with E-state index in [0.717, 1.165) is 31.2 Å². The lowest BCUT2D eigenvalue weighted by Crippen LogP contribution is -2.60. The van der Waals surface area contributed by atoms with E-state index in [-0.39, 0.29) is 11.1 Å². The van der Waals surface area contributed by atoms with Crippen LogP contribution in [0, 0.1) is 0 Å². The number of phenols is 4. The van der Waals surface area contributed by atoms with E-state index in [0.29, 0.717) is 0 Å². The van der Waals surface area contributed by atoms with Crippen LogP contribution in [-0.2, 0) is 19.1 Å². The zero-order valence-corrected chi connectivity index (χ0v) is 22.3. The molecule has 9 N–H and O–H groups in total. The molecule has 1 aromatic heterocycles. The molecule has 16 heteroatoms. The van der Waals surface area contributed by atoms with Crippen LogP contribution in [0.3, 0.4) is 0 Å². The van der Waals surface area contributed by atoms with Gasteiger partial charge in [-0.25, -0.2) is 0 Å². The summed E-state index contributed by atoms with van der Waals surface area (Å²) in [4.78, 5) is 36.6. The van der Waals surface area contributed by atoms with Crippen molar-refractivity contribution in [1.82, 2.24) is 0 Å². The van der Waals surface area contributed by atoms with Gasteiger partial charge in [0.15, 0.2) is 17.3 Å². The fraction of sp³-hybridized carbons (Fsp3) is 0.370. The first kappa shape index (κ1) is 31.3.